The molecule has 0 aliphatic carbocycles. The summed E-state index contributed by atoms with van der Waals surface area (Å²) in [5.41, 5.74) is 1.96. The topological polar surface area (TPSA) is 39.1 Å². The first-order chi connectivity index (χ1) is 9.30. The van der Waals surface area contributed by atoms with Gasteiger partial charge in [0.05, 0.1) is 11.6 Å². The zero-order chi connectivity index (χ0) is 13.9. The molecule has 0 saturated carbocycles. The first kappa shape index (κ1) is 15.7. The molecule has 3 heteroatoms. The number of unbranched alkanes of at least 4 members (excludes halogenated alkanes) is 1. The zero-order valence-electron chi connectivity index (χ0n) is 12.2. The molecule has 0 aromatic heterocycles. The Morgan fingerprint density at radius 3 is 2.37 bits per heavy atom. The lowest BCUT2D eigenvalue weighted by Gasteiger charge is -2.17. The van der Waals surface area contributed by atoms with Crippen molar-refractivity contribution in [2.75, 3.05) is 26.2 Å². The summed E-state index contributed by atoms with van der Waals surface area (Å²) >= 11 is 0. The van der Waals surface area contributed by atoms with Gasteiger partial charge in [-0.15, -0.1) is 0 Å². The number of nitrogens with zero attached hydrogens (tertiary/aromatic N) is 2. The molecule has 19 heavy (non-hydrogen) atoms. The Bertz CT molecular complexity index is 374. The van der Waals surface area contributed by atoms with Crippen molar-refractivity contribution >= 4 is 0 Å². The lowest BCUT2D eigenvalue weighted by Crippen LogP contribution is -2.25. The minimum atomic E-state index is 0.725. The molecule has 1 aromatic carbocycles. The third kappa shape index (κ3) is 6.37. The molecule has 0 unspecified atom stereocenters. The lowest BCUT2D eigenvalue weighted by atomic mass is 10.1. The molecule has 0 amide bonds. The Hall–Kier alpha value is -1.37. The van der Waals surface area contributed by atoms with E-state index in [4.69, 9.17) is 5.26 Å². The molecule has 0 spiro atoms. The molecule has 0 saturated heterocycles. The summed E-state index contributed by atoms with van der Waals surface area (Å²) in [7, 11) is 0. The van der Waals surface area contributed by atoms with E-state index in [9.17, 15) is 0 Å². The van der Waals surface area contributed by atoms with Crippen LogP contribution in [-0.2, 0) is 6.54 Å². The first-order valence-corrected chi connectivity index (χ1v) is 7.22. The SMILES string of the molecule is CCN(CC)CCCCNCc1ccc(C#N)cc1. The van der Waals surface area contributed by atoms with Crippen LogP contribution in [0, 0.1) is 11.3 Å². The second-order valence-electron chi connectivity index (χ2n) is 4.72. The molecule has 104 valence electrons. The third-order valence-electron chi connectivity index (χ3n) is 3.38. The van der Waals surface area contributed by atoms with Crippen LogP contribution in [0.15, 0.2) is 24.3 Å². The summed E-state index contributed by atoms with van der Waals surface area (Å²) in [4.78, 5) is 2.46. The van der Waals surface area contributed by atoms with E-state index in [-0.39, 0.29) is 0 Å². The predicted molar refractivity (Wildman–Crippen MR) is 79.9 cm³/mol. The van der Waals surface area contributed by atoms with Crippen molar-refractivity contribution in [3.8, 4) is 6.07 Å². The minimum Gasteiger partial charge on any atom is -0.313 e. The van der Waals surface area contributed by atoms with Gasteiger partial charge < -0.3 is 10.2 Å². The molecular formula is C16H25N3. The van der Waals surface area contributed by atoms with Gasteiger partial charge >= 0.3 is 0 Å². The van der Waals surface area contributed by atoms with E-state index in [1.807, 2.05) is 24.3 Å². The van der Waals surface area contributed by atoms with Crippen LogP contribution in [0.4, 0.5) is 0 Å². The Morgan fingerprint density at radius 2 is 1.79 bits per heavy atom. The minimum absolute atomic E-state index is 0.725. The molecule has 1 aromatic rings. The molecule has 0 atom stereocenters. The van der Waals surface area contributed by atoms with Crippen LogP contribution in [0.2, 0.25) is 0 Å². The number of nitriles is 1. The van der Waals surface area contributed by atoms with Crippen LogP contribution in [0.25, 0.3) is 0 Å². The summed E-state index contributed by atoms with van der Waals surface area (Å²) in [5.74, 6) is 0. The maximum Gasteiger partial charge on any atom is 0.0991 e. The summed E-state index contributed by atoms with van der Waals surface area (Å²) in [6.07, 6.45) is 2.47. The van der Waals surface area contributed by atoms with Gasteiger partial charge in [0.25, 0.3) is 0 Å². The highest BCUT2D eigenvalue weighted by atomic mass is 15.1. The fraction of sp³-hybridized carbons (Fsp3) is 0.562. The van der Waals surface area contributed by atoms with Gasteiger partial charge in [-0.3, -0.25) is 0 Å². The Kier molecular flexibility index (Phi) is 7.88. The van der Waals surface area contributed by atoms with Gasteiger partial charge in [0.15, 0.2) is 0 Å². The van der Waals surface area contributed by atoms with Gasteiger partial charge in [0, 0.05) is 6.54 Å². The molecule has 1 N–H and O–H groups in total. The standard InChI is InChI=1S/C16H25N3/c1-3-19(4-2)12-6-5-11-18-14-16-9-7-15(13-17)8-10-16/h7-10,18H,3-6,11-12,14H2,1-2H3. The van der Waals surface area contributed by atoms with Gasteiger partial charge in [-0.05, 0) is 56.7 Å². The molecule has 1 rings (SSSR count). The highest BCUT2D eigenvalue weighted by molar-refractivity contribution is 5.31. The van der Waals surface area contributed by atoms with Gasteiger partial charge in [-0.1, -0.05) is 26.0 Å². The quantitative estimate of drug-likeness (QED) is 0.693. The van der Waals surface area contributed by atoms with Crippen molar-refractivity contribution in [3.63, 3.8) is 0 Å². The maximum atomic E-state index is 8.72. The molecule has 0 bridgehead atoms. The van der Waals surface area contributed by atoms with Crippen molar-refractivity contribution in [1.82, 2.24) is 10.2 Å². The number of benzene rings is 1. The second kappa shape index (κ2) is 9.55. The fourth-order valence-electron chi connectivity index (χ4n) is 2.06. The summed E-state index contributed by atoms with van der Waals surface area (Å²) in [6.45, 7) is 9.87. The smallest absolute Gasteiger partial charge is 0.0991 e. The van der Waals surface area contributed by atoms with Crippen LogP contribution in [0.3, 0.4) is 0 Å². The van der Waals surface area contributed by atoms with Gasteiger partial charge in [-0.25, -0.2) is 0 Å². The number of hydrogen-bond donors (Lipinski definition) is 1. The highest BCUT2D eigenvalue weighted by Crippen LogP contribution is 2.03. The van der Waals surface area contributed by atoms with Gasteiger partial charge in [0.2, 0.25) is 0 Å². The van der Waals surface area contributed by atoms with Gasteiger partial charge in [-0.2, -0.15) is 5.26 Å². The van der Waals surface area contributed by atoms with Crippen LogP contribution in [0.1, 0.15) is 37.8 Å². The van der Waals surface area contributed by atoms with Crippen molar-refractivity contribution < 1.29 is 0 Å². The number of nitrogens with one attached hydrogen (secondary N) is 1. The summed E-state index contributed by atoms with van der Waals surface area (Å²) < 4.78 is 0. The van der Waals surface area contributed by atoms with Crippen molar-refractivity contribution in [3.05, 3.63) is 35.4 Å². The van der Waals surface area contributed by atoms with E-state index < -0.39 is 0 Å². The second-order valence-corrected chi connectivity index (χ2v) is 4.72. The molecule has 3 nitrogen and oxygen atoms in total. The molecule has 0 radical (unpaired) electrons. The molecule has 0 aliphatic heterocycles. The molecule has 0 aliphatic rings. The third-order valence-corrected chi connectivity index (χ3v) is 3.38. The number of rotatable bonds is 9. The predicted octanol–water partition coefficient (Wildman–Crippen LogP) is 2.77. The Balaban J connectivity index is 2.09. The van der Waals surface area contributed by atoms with E-state index >= 15 is 0 Å². The molecular weight excluding hydrogens is 234 g/mol. The van der Waals surface area contributed by atoms with E-state index in [1.54, 1.807) is 0 Å². The summed E-state index contributed by atoms with van der Waals surface area (Å²) in [5, 5.41) is 12.2. The lowest BCUT2D eigenvalue weighted by molar-refractivity contribution is 0.296. The highest BCUT2D eigenvalue weighted by Gasteiger charge is 1.98. The molecule has 0 fully saturated rings. The van der Waals surface area contributed by atoms with Crippen LogP contribution >= 0.6 is 0 Å². The monoisotopic (exact) mass is 259 g/mol. The van der Waals surface area contributed by atoms with Crippen LogP contribution in [-0.4, -0.2) is 31.1 Å². The van der Waals surface area contributed by atoms with Crippen LogP contribution in [0.5, 0.6) is 0 Å². The van der Waals surface area contributed by atoms with Crippen molar-refractivity contribution in [1.29, 1.82) is 5.26 Å². The first-order valence-electron chi connectivity index (χ1n) is 7.22. The van der Waals surface area contributed by atoms with E-state index in [1.165, 1.54) is 24.9 Å². The largest absolute Gasteiger partial charge is 0.313 e. The van der Waals surface area contributed by atoms with E-state index in [0.717, 1.165) is 31.7 Å². The Labute approximate surface area is 117 Å². The average Bonchev–Trinajstić information content (AvgIpc) is 2.47. The zero-order valence-corrected chi connectivity index (χ0v) is 12.2. The van der Waals surface area contributed by atoms with E-state index in [2.05, 4.69) is 30.1 Å². The molecule has 0 heterocycles. The van der Waals surface area contributed by atoms with Crippen LogP contribution < -0.4 is 5.32 Å². The Morgan fingerprint density at radius 1 is 1.11 bits per heavy atom. The van der Waals surface area contributed by atoms with Crippen molar-refractivity contribution in [2.45, 2.75) is 33.2 Å². The normalized spacial score (nSPS) is 10.6. The average molecular weight is 259 g/mol. The number of hydrogen-bond acceptors (Lipinski definition) is 3. The van der Waals surface area contributed by atoms with Crippen molar-refractivity contribution in [2.24, 2.45) is 0 Å². The van der Waals surface area contributed by atoms with E-state index in [0.29, 0.717) is 0 Å². The summed E-state index contributed by atoms with van der Waals surface area (Å²) in [6, 6.07) is 9.91. The fourth-order valence-corrected chi connectivity index (χ4v) is 2.06. The van der Waals surface area contributed by atoms with Gasteiger partial charge in [0.1, 0.15) is 0 Å². The maximum absolute atomic E-state index is 8.72.